The number of amides is 1. The molecule has 27 heavy (non-hydrogen) atoms. The number of fused-ring (bicyclic) bond motifs is 1. The predicted molar refractivity (Wildman–Crippen MR) is 103 cm³/mol. The first-order valence-corrected chi connectivity index (χ1v) is 9.33. The van der Waals surface area contributed by atoms with Crippen LogP contribution in [0, 0.1) is 6.92 Å². The van der Waals surface area contributed by atoms with Crippen LogP contribution in [0.15, 0.2) is 30.3 Å². The number of aliphatic hydroxyl groups is 1. The number of nitrogens with zero attached hydrogens (tertiary/aromatic N) is 3. The molecule has 1 aromatic carbocycles. The van der Waals surface area contributed by atoms with Gasteiger partial charge in [-0.1, -0.05) is 24.3 Å². The van der Waals surface area contributed by atoms with Crippen molar-refractivity contribution < 1.29 is 9.90 Å². The monoisotopic (exact) mass is 364 g/mol. The van der Waals surface area contributed by atoms with Gasteiger partial charge in [0.2, 0.25) is 0 Å². The molecule has 0 bridgehead atoms. The molecule has 3 aromatic rings. The summed E-state index contributed by atoms with van der Waals surface area (Å²) in [5, 5.41) is 17.9. The normalized spacial score (nSPS) is 15.1. The van der Waals surface area contributed by atoms with Crippen LogP contribution >= 0.6 is 0 Å². The zero-order valence-electron chi connectivity index (χ0n) is 15.9. The van der Waals surface area contributed by atoms with Crippen molar-refractivity contribution in [1.82, 2.24) is 20.1 Å². The van der Waals surface area contributed by atoms with E-state index < -0.39 is 6.10 Å². The molecular formula is C21H24N4O2. The highest BCUT2D eigenvalue weighted by atomic mass is 16.3. The van der Waals surface area contributed by atoms with Crippen LogP contribution in [0.1, 0.15) is 64.7 Å². The lowest BCUT2D eigenvalue weighted by atomic mass is 10.1. The Bertz CT molecular complexity index is 1000. The van der Waals surface area contributed by atoms with E-state index in [1.54, 1.807) is 11.6 Å². The van der Waals surface area contributed by atoms with E-state index in [1.165, 1.54) is 0 Å². The molecule has 1 saturated carbocycles. The van der Waals surface area contributed by atoms with Gasteiger partial charge in [0.25, 0.3) is 5.91 Å². The maximum atomic E-state index is 12.9. The van der Waals surface area contributed by atoms with E-state index in [0.717, 1.165) is 46.4 Å². The number of aliphatic hydroxyl groups excluding tert-OH is 1. The molecule has 0 radical (unpaired) electrons. The van der Waals surface area contributed by atoms with Gasteiger partial charge in [-0.25, -0.2) is 4.98 Å². The van der Waals surface area contributed by atoms with Crippen LogP contribution < -0.4 is 5.32 Å². The minimum Gasteiger partial charge on any atom is -0.389 e. The molecule has 2 aromatic heterocycles. The van der Waals surface area contributed by atoms with E-state index in [2.05, 4.69) is 10.4 Å². The van der Waals surface area contributed by atoms with Crippen molar-refractivity contribution in [1.29, 1.82) is 0 Å². The van der Waals surface area contributed by atoms with Crippen molar-refractivity contribution in [3.63, 3.8) is 0 Å². The van der Waals surface area contributed by atoms with Crippen LogP contribution in [0.25, 0.3) is 11.0 Å². The number of carbonyl (C=O) groups excluding carboxylic acids is 1. The number of hydrogen-bond donors (Lipinski definition) is 2. The van der Waals surface area contributed by atoms with Gasteiger partial charge < -0.3 is 10.4 Å². The van der Waals surface area contributed by atoms with Gasteiger partial charge in [0.15, 0.2) is 5.65 Å². The topological polar surface area (TPSA) is 80.0 Å². The van der Waals surface area contributed by atoms with E-state index in [4.69, 9.17) is 4.98 Å². The van der Waals surface area contributed by atoms with Crippen molar-refractivity contribution in [2.45, 2.75) is 45.3 Å². The van der Waals surface area contributed by atoms with Crippen LogP contribution in [0.4, 0.5) is 0 Å². The summed E-state index contributed by atoms with van der Waals surface area (Å²) in [7, 11) is 1.87. The lowest BCUT2D eigenvalue weighted by Crippen LogP contribution is -2.23. The lowest BCUT2D eigenvalue weighted by molar-refractivity contribution is 0.0952. The van der Waals surface area contributed by atoms with Gasteiger partial charge in [0.1, 0.15) is 0 Å². The Morgan fingerprint density at radius 1 is 1.33 bits per heavy atom. The van der Waals surface area contributed by atoms with Gasteiger partial charge in [-0.05, 0) is 43.9 Å². The van der Waals surface area contributed by atoms with Crippen LogP contribution in [0.5, 0.6) is 0 Å². The molecule has 0 spiro atoms. The third-order valence-corrected chi connectivity index (χ3v) is 5.14. The highest BCUT2D eigenvalue weighted by Gasteiger charge is 2.28. The van der Waals surface area contributed by atoms with E-state index in [1.807, 2.05) is 44.3 Å². The summed E-state index contributed by atoms with van der Waals surface area (Å²) in [4.78, 5) is 17.7. The van der Waals surface area contributed by atoms with Crippen LogP contribution in [0.3, 0.4) is 0 Å². The molecular weight excluding hydrogens is 340 g/mol. The third-order valence-electron chi connectivity index (χ3n) is 5.14. The Morgan fingerprint density at radius 2 is 2.04 bits per heavy atom. The van der Waals surface area contributed by atoms with Crippen molar-refractivity contribution in [2.75, 3.05) is 0 Å². The molecule has 1 aliphatic carbocycles. The first-order valence-electron chi connectivity index (χ1n) is 9.33. The molecule has 1 aliphatic rings. The fraction of sp³-hybridized carbons (Fsp3) is 0.381. The Morgan fingerprint density at radius 3 is 2.67 bits per heavy atom. The molecule has 0 saturated heterocycles. The molecule has 2 N–H and O–H groups in total. The Kier molecular flexibility index (Phi) is 4.44. The maximum Gasteiger partial charge on any atom is 0.252 e. The summed E-state index contributed by atoms with van der Waals surface area (Å²) in [6.45, 7) is 4.08. The number of rotatable bonds is 5. The van der Waals surface area contributed by atoms with Gasteiger partial charge >= 0.3 is 0 Å². The summed E-state index contributed by atoms with van der Waals surface area (Å²) in [6.07, 6.45) is 1.77. The molecule has 0 aliphatic heterocycles. The third kappa shape index (κ3) is 3.45. The molecule has 1 atom stereocenters. The second-order valence-corrected chi connectivity index (χ2v) is 7.38. The predicted octanol–water partition coefficient (Wildman–Crippen LogP) is 3.14. The molecule has 140 valence electrons. The van der Waals surface area contributed by atoms with Crippen molar-refractivity contribution in [2.24, 2.45) is 7.05 Å². The molecule has 6 heteroatoms. The first kappa shape index (κ1) is 17.7. The molecule has 4 rings (SSSR count). The largest absolute Gasteiger partial charge is 0.389 e. The van der Waals surface area contributed by atoms with Crippen molar-refractivity contribution in [3.05, 3.63) is 58.4 Å². The highest BCUT2D eigenvalue weighted by molar-refractivity contribution is 6.06. The van der Waals surface area contributed by atoms with Crippen LogP contribution in [0.2, 0.25) is 0 Å². The summed E-state index contributed by atoms with van der Waals surface area (Å²) in [6, 6.07) is 9.55. The minimum absolute atomic E-state index is 0.111. The Balaban J connectivity index is 1.60. The molecule has 1 fully saturated rings. The quantitative estimate of drug-likeness (QED) is 0.729. The fourth-order valence-corrected chi connectivity index (χ4v) is 3.42. The summed E-state index contributed by atoms with van der Waals surface area (Å²) >= 11 is 0. The standard InChI is InChI=1S/C21H24N4O2/c1-12-19-17(10-18(16-8-9-16)23-20(19)25(3)24-12)21(27)22-11-14-4-6-15(7-5-14)13(2)26/h4-7,10,13,16,26H,8-9,11H2,1-3H3,(H,22,27)/t13-/m0/s1. The summed E-state index contributed by atoms with van der Waals surface area (Å²) < 4.78 is 1.75. The smallest absolute Gasteiger partial charge is 0.252 e. The van der Waals surface area contributed by atoms with Gasteiger partial charge in [0.05, 0.1) is 22.7 Å². The summed E-state index contributed by atoms with van der Waals surface area (Å²) in [5.41, 5.74) is 5.06. The Hall–Kier alpha value is -2.73. The average Bonchev–Trinajstić information content (AvgIpc) is 3.46. The van der Waals surface area contributed by atoms with Crippen LogP contribution in [-0.2, 0) is 13.6 Å². The molecule has 0 unspecified atom stereocenters. The maximum absolute atomic E-state index is 12.9. The highest BCUT2D eigenvalue weighted by Crippen LogP contribution is 2.40. The Labute approximate surface area is 158 Å². The van der Waals surface area contributed by atoms with E-state index >= 15 is 0 Å². The van der Waals surface area contributed by atoms with Crippen molar-refractivity contribution in [3.8, 4) is 0 Å². The van der Waals surface area contributed by atoms with Crippen molar-refractivity contribution >= 4 is 16.9 Å². The van der Waals surface area contributed by atoms with Crippen LogP contribution in [-0.4, -0.2) is 25.8 Å². The number of benzene rings is 1. The second kappa shape index (κ2) is 6.78. The van der Waals surface area contributed by atoms with Gasteiger partial charge in [-0.15, -0.1) is 0 Å². The van der Waals surface area contributed by atoms with Gasteiger partial charge in [-0.2, -0.15) is 5.10 Å². The molecule has 2 heterocycles. The van der Waals surface area contributed by atoms with E-state index in [0.29, 0.717) is 18.0 Å². The number of hydrogen-bond acceptors (Lipinski definition) is 4. The second-order valence-electron chi connectivity index (χ2n) is 7.38. The molecule has 1 amide bonds. The fourth-order valence-electron chi connectivity index (χ4n) is 3.42. The van der Waals surface area contributed by atoms with E-state index in [-0.39, 0.29) is 5.91 Å². The van der Waals surface area contributed by atoms with Gasteiger partial charge in [-0.3, -0.25) is 9.48 Å². The molecule has 6 nitrogen and oxygen atoms in total. The number of aromatic nitrogens is 3. The summed E-state index contributed by atoms with van der Waals surface area (Å²) in [5.74, 6) is 0.351. The minimum atomic E-state index is -0.492. The SMILES string of the molecule is Cc1nn(C)c2nc(C3CC3)cc(C(=O)NCc3ccc([C@H](C)O)cc3)c12. The number of nitrogens with one attached hydrogen (secondary N) is 1. The number of aryl methyl sites for hydroxylation is 2. The van der Waals surface area contributed by atoms with Gasteiger partial charge in [0, 0.05) is 25.2 Å². The zero-order chi connectivity index (χ0) is 19.1. The zero-order valence-corrected chi connectivity index (χ0v) is 15.9. The number of pyridine rings is 1. The lowest BCUT2D eigenvalue weighted by Gasteiger charge is -2.10. The van der Waals surface area contributed by atoms with E-state index in [9.17, 15) is 9.90 Å². The first-order chi connectivity index (χ1) is 12.9. The average molecular weight is 364 g/mol. The number of carbonyl (C=O) groups is 1.